The van der Waals surface area contributed by atoms with Crippen LogP contribution in [0.3, 0.4) is 0 Å². The molecule has 2 aromatic rings. The Labute approximate surface area is 141 Å². The second-order valence-electron chi connectivity index (χ2n) is 5.49. The van der Waals surface area contributed by atoms with Gasteiger partial charge in [0.05, 0.1) is 19.0 Å². The average molecular weight is 375 g/mol. The van der Waals surface area contributed by atoms with E-state index < -0.39 is 38.4 Å². The van der Waals surface area contributed by atoms with Gasteiger partial charge in [0, 0.05) is 13.0 Å². The highest BCUT2D eigenvalue weighted by molar-refractivity contribution is 7.46. The van der Waals surface area contributed by atoms with Gasteiger partial charge in [-0.3, -0.25) is 18.9 Å². The van der Waals surface area contributed by atoms with E-state index in [1.165, 1.54) is 10.9 Å². The molecular formula is C12H18N5O7P. The smallest absolute Gasteiger partial charge is 0.390 e. The minimum atomic E-state index is -4.66. The van der Waals surface area contributed by atoms with Crippen molar-refractivity contribution in [2.24, 2.45) is 0 Å². The molecule has 0 radical (unpaired) electrons. The maximum Gasteiger partial charge on any atom is 0.469 e. The van der Waals surface area contributed by atoms with Crippen LogP contribution in [0.2, 0.25) is 0 Å². The summed E-state index contributed by atoms with van der Waals surface area (Å²) >= 11 is 0. The Morgan fingerprint density at radius 2 is 2.32 bits per heavy atom. The predicted molar refractivity (Wildman–Crippen MR) is 84.8 cm³/mol. The van der Waals surface area contributed by atoms with Crippen LogP contribution < -0.4 is 10.9 Å². The third-order valence-electron chi connectivity index (χ3n) is 3.70. The van der Waals surface area contributed by atoms with E-state index in [-0.39, 0.29) is 23.5 Å². The van der Waals surface area contributed by atoms with Crippen molar-refractivity contribution in [1.29, 1.82) is 0 Å². The quantitative estimate of drug-likeness (QED) is 0.407. The molecule has 0 aromatic carbocycles. The Hall–Kier alpha value is -1.82. The lowest BCUT2D eigenvalue weighted by molar-refractivity contribution is -0.0424. The van der Waals surface area contributed by atoms with Crippen LogP contribution in [0.1, 0.15) is 19.6 Å². The zero-order chi connectivity index (χ0) is 18.2. The first-order valence-corrected chi connectivity index (χ1v) is 9.06. The number of fused-ring (bicyclic) bond motifs is 1. The molecule has 0 aliphatic carbocycles. The first-order valence-electron chi connectivity index (χ1n) is 7.53. The topological polar surface area (TPSA) is 172 Å². The van der Waals surface area contributed by atoms with Gasteiger partial charge in [0.2, 0.25) is 5.95 Å². The number of phosphoric ester groups is 1. The van der Waals surface area contributed by atoms with E-state index in [1.807, 2.05) is 6.92 Å². The minimum Gasteiger partial charge on any atom is -0.390 e. The SMILES string of the molecule is CCNc1nc2c(ncn2C2CC(O)C(COP(=O)(O)O)O2)c(=O)[nH]1. The Morgan fingerprint density at radius 1 is 1.56 bits per heavy atom. The maximum atomic E-state index is 12.0. The summed E-state index contributed by atoms with van der Waals surface area (Å²) in [6.45, 7) is 1.94. The van der Waals surface area contributed by atoms with Crippen LogP contribution in [0.4, 0.5) is 5.95 Å². The number of imidazole rings is 1. The van der Waals surface area contributed by atoms with Gasteiger partial charge in [-0.15, -0.1) is 0 Å². The molecule has 13 heteroatoms. The van der Waals surface area contributed by atoms with Crippen LogP contribution in [0, 0.1) is 0 Å². The molecule has 1 fully saturated rings. The van der Waals surface area contributed by atoms with E-state index in [0.717, 1.165) is 0 Å². The number of aromatic amines is 1. The van der Waals surface area contributed by atoms with Gasteiger partial charge >= 0.3 is 7.82 Å². The number of rotatable bonds is 6. The standard InChI is InChI=1S/C12H18N5O7P/c1-2-13-12-15-10-9(11(19)16-12)14-5-17(10)8-3-6(18)7(24-8)4-23-25(20,21)22/h5-8,18H,2-4H2,1H3,(H2,20,21,22)(H2,13,15,16,19). The molecule has 1 saturated heterocycles. The van der Waals surface area contributed by atoms with Gasteiger partial charge in [0.25, 0.3) is 5.56 Å². The Bertz CT molecular complexity index is 861. The van der Waals surface area contributed by atoms with Gasteiger partial charge in [-0.25, -0.2) is 9.55 Å². The van der Waals surface area contributed by atoms with Crippen LogP contribution in [0.15, 0.2) is 11.1 Å². The van der Waals surface area contributed by atoms with Gasteiger partial charge in [0.1, 0.15) is 12.3 Å². The average Bonchev–Trinajstić information content (AvgIpc) is 3.08. The summed E-state index contributed by atoms with van der Waals surface area (Å²) in [5, 5.41) is 12.9. The second kappa shape index (κ2) is 6.83. The van der Waals surface area contributed by atoms with Gasteiger partial charge in [-0.05, 0) is 6.92 Å². The minimum absolute atomic E-state index is 0.120. The molecule has 3 atom stereocenters. The maximum absolute atomic E-state index is 12.0. The fourth-order valence-electron chi connectivity index (χ4n) is 2.59. The van der Waals surface area contributed by atoms with E-state index in [0.29, 0.717) is 6.54 Å². The number of anilines is 1. The highest BCUT2D eigenvalue weighted by Crippen LogP contribution is 2.38. The molecule has 12 nitrogen and oxygen atoms in total. The first kappa shape index (κ1) is 18.0. The van der Waals surface area contributed by atoms with Crippen LogP contribution in [0.25, 0.3) is 11.2 Å². The number of H-pyrrole nitrogens is 1. The lowest BCUT2D eigenvalue weighted by Crippen LogP contribution is -2.25. The number of hydrogen-bond acceptors (Lipinski definition) is 8. The van der Waals surface area contributed by atoms with Crippen LogP contribution in [-0.4, -0.2) is 59.8 Å². The lowest BCUT2D eigenvalue weighted by atomic mass is 10.2. The molecule has 1 aliphatic heterocycles. The molecule has 1 aliphatic rings. The third-order valence-corrected chi connectivity index (χ3v) is 4.18. The Kier molecular flexibility index (Phi) is 4.91. The van der Waals surface area contributed by atoms with Gasteiger partial charge < -0.3 is 24.9 Å². The molecule has 2 aromatic heterocycles. The molecule has 0 saturated carbocycles. The van der Waals surface area contributed by atoms with Crippen molar-refractivity contribution in [3.63, 3.8) is 0 Å². The first-order chi connectivity index (χ1) is 11.8. The Morgan fingerprint density at radius 3 is 3.00 bits per heavy atom. The second-order valence-corrected chi connectivity index (χ2v) is 6.73. The van der Waals surface area contributed by atoms with E-state index in [4.69, 9.17) is 14.5 Å². The van der Waals surface area contributed by atoms with Gasteiger partial charge in [0.15, 0.2) is 11.2 Å². The number of aliphatic hydroxyl groups is 1. The normalized spacial score (nSPS) is 24.1. The van der Waals surface area contributed by atoms with Crippen molar-refractivity contribution in [1.82, 2.24) is 19.5 Å². The summed E-state index contributed by atoms with van der Waals surface area (Å²) in [7, 11) is -4.66. The van der Waals surface area contributed by atoms with Crippen LogP contribution in [0.5, 0.6) is 0 Å². The summed E-state index contributed by atoms with van der Waals surface area (Å²) in [5.41, 5.74) is -0.0252. The third kappa shape index (κ3) is 3.89. The van der Waals surface area contributed by atoms with Crippen LogP contribution >= 0.6 is 7.82 Å². The molecule has 0 amide bonds. The molecule has 0 bridgehead atoms. The summed E-state index contributed by atoms with van der Waals surface area (Å²) in [4.78, 5) is 40.4. The summed E-state index contributed by atoms with van der Waals surface area (Å²) < 4.78 is 22.2. The summed E-state index contributed by atoms with van der Waals surface area (Å²) in [6, 6.07) is 0. The van der Waals surface area contributed by atoms with Crippen molar-refractivity contribution in [2.45, 2.75) is 31.8 Å². The number of hydrogen-bond donors (Lipinski definition) is 5. The number of ether oxygens (including phenoxy) is 1. The van der Waals surface area contributed by atoms with Gasteiger partial charge in [-0.2, -0.15) is 4.98 Å². The number of nitrogens with one attached hydrogen (secondary N) is 2. The van der Waals surface area contributed by atoms with Crippen molar-refractivity contribution in [2.75, 3.05) is 18.5 Å². The molecule has 138 valence electrons. The highest BCUT2D eigenvalue weighted by Gasteiger charge is 2.37. The summed E-state index contributed by atoms with van der Waals surface area (Å²) in [6.07, 6.45) is -1.12. The molecule has 3 unspecified atom stereocenters. The van der Waals surface area contributed by atoms with E-state index in [1.54, 1.807) is 0 Å². The molecule has 5 N–H and O–H groups in total. The highest BCUT2D eigenvalue weighted by atomic mass is 31.2. The zero-order valence-electron chi connectivity index (χ0n) is 13.2. The fourth-order valence-corrected chi connectivity index (χ4v) is 2.94. The number of phosphoric acid groups is 1. The molecule has 3 heterocycles. The van der Waals surface area contributed by atoms with Crippen molar-refractivity contribution < 1.29 is 28.7 Å². The van der Waals surface area contributed by atoms with E-state index >= 15 is 0 Å². The molecule has 25 heavy (non-hydrogen) atoms. The molecule has 3 rings (SSSR count). The van der Waals surface area contributed by atoms with Crippen molar-refractivity contribution in [3.8, 4) is 0 Å². The van der Waals surface area contributed by atoms with Crippen molar-refractivity contribution in [3.05, 3.63) is 16.7 Å². The van der Waals surface area contributed by atoms with Crippen molar-refractivity contribution >= 4 is 24.9 Å². The van der Waals surface area contributed by atoms with Gasteiger partial charge in [-0.1, -0.05) is 0 Å². The number of aliphatic hydroxyl groups excluding tert-OH is 1. The largest absolute Gasteiger partial charge is 0.469 e. The number of aromatic nitrogens is 4. The summed E-state index contributed by atoms with van der Waals surface area (Å²) in [5.74, 6) is 0.279. The molecule has 0 spiro atoms. The predicted octanol–water partition coefficient (Wildman–Crippen LogP) is -0.691. The fraction of sp³-hybridized carbons (Fsp3) is 0.583. The monoisotopic (exact) mass is 375 g/mol. The lowest BCUT2D eigenvalue weighted by Gasteiger charge is -2.16. The number of nitrogens with zero attached hydrogens (tertiary/aromatic N) is 3. The zero-order valence-corrected chi connectivity index (χ0v) is 14.1. The van der Waals surface area contributed by atoms with Crippen LogP contribution in [-0.2, 0) is 13.8 Å². The van der Waals surface area contributed by atoms with E-state index in [9.17, 15) is 14.5 Å². The Balaban J connectivity index is 1.85. The molecular weight excluding hydrogens is 357 g/mol. The van der Waals surface area contributed by atoms with E-state index in [2.05, 4.69) is 24.8 Å².